The van der Waals surface area contributed by atoms with Crippen molar-refractivity contribution in [1.29, 1.82) is 5.26 Å². The molecule has 0 aromatic heterocycles. The second-order valence-corrected chi connectivity index (χ2v) is 7.74. The lowest BCUT2D eigenvalue weighted by Gasteiger charge is -2.34. The number of piperidine rings is 1. The molecule has 0 amide bonds. The second-order valence-electron chi connectivity index (χ2n) is 5.97. The first-order chi connectivity index (χ1) is 9.86. The third kappa shape index (κ3) is 4.43. The molecule has 0 unspecified atom stereocenters. The van der Waals surface area contributed by atoms with Gasteiger partial charge in [0.1, 0.15) is 0 Å². The normalized spacial score (nSPS) is 17.3. The monoisotopic (exact) mass is 343 g/mol. The van der Waals surface area contributed by atoms with Crippen LogP contribution in [0.3, 0.4) is 0 Å². The minimum Gasteiger partial charge on any atom is -0.317 e. The highest BCUT2D eigenvalue weighted by Crippen LogP contribution is 2.27. The van der Waals surface area contributed by atoms with Gasteiger partial charge in [-0.2, -0.15) is 5.26 Å². The van der Waals surface area contributed by atoms with Crippen molar-refractivity contribution in [3.05, 3.63) is 29.3 Å². The van der Waals surface area contributed by atoms with Gasteiger partial charge in [-0.3, -0.25) is 0 Å². The lowest BCUT2D eigenvalue weighted by Crippen LogP contribution is -2.42. The van der Waals surface area contributed by atoms with Crippen LogP contribution in [0.15, 0.2) is 23.1 Å². The summed E-state index contributed by atoms with van der Waals surface area (Å²) in [6.07, 6.45) is 1.92. The molecule has 122 valence electrons. The van der Waals surface area contributed by atoms with Gasteiger partial charge in [0, 0.05) is 6.54 Å². The quantitative estimate of drug-likeness (QED) is 0.875. The molecule has 1 saturated heterocycles. The Morgan fingerprint density at radius 3 is 2.55 bits per heavy atom. The van der Waals surface area contributed by atoms with Crippen LogP contribution in [0, 0.1) is 23.7 Å². The zero-order chi connectivity index (χ0) is 15.5. The number of aryl methyl sites for hydroxylation is 1. The van der Waals surface area contributed by atoms with E-state index >= 15 is 0 Å². The second kappa shape index (κ2) is 7.42. The standard InChI is InChI=1S/C15H21N3O2S.ClH/c1-12-9-14(4-3-13(12)10-16)21(19,20)18-11-15(2)5-7-17-8-6-15;/h3-4,9,17-18H,5-8,11H2,1-2H3;1H. The summed E-state index contributed by atoms with van der Waals surface area (Å²) in [7, 11) is -3.53. The van der Waals surface area contributed by atoms with E-state index < -0.39 is 10.0 Å². The molecule has 7 heteroatoms. The van der Waals surface area contributed by atoms with Crippen molar-refractivity contribution in [1.82, 2.24) is 10.0 Å². The van der Waals surface area contributed by atoms with E-state index in [1.807, 2.05) is 6.07 Å². The number of nitrogens with zero attached hydrogens (tertiary/aromatic N) is 1. The van der Waals surface area contributed by atoms with Crippen molar-refractivity contribution in [2.45, 2.75) is 31.6 Å². The summed E-state index contributed by atoms with van der Waals surface area (Å²) < 4.78 is 27.4. The van der Waals surface area contributed by atoms with E-state index in [9.17, 15) is 8.42 Å². The van der Waals surface area contributed by atoms with Gasteiger partial charge in [-0.25, -0.2) is 13.1 Å². The molecule has 5 nitrogen and oxygen atoms in total. The Hall–Kier alpha value is -1.13. The fourth-order valence-electron chi connectivity index (χ4n) is 2.49. The Morgan fingerprint density at radius 1 is 1.36 bits per heavy atom. The minimum atomic E-state index is -3.53. The Labute approximate surface area is 138 Å². The van der Waals surface area contributed by atoms with Crippen LogP contribution in [0.5, 0.6) is 0 Å². The molecule has 0 aliphatic carbocycles. The highest BCUT2D eigenvalue weighted by Gasteiger charge is 2.28. The van der Waals surface area contributed by atoms with Crippen molar-refractivity contribution in [2.24, 2.45) is 5.41 Å². The molecule has 1 fully saturated rings. The van der Waals surface area contributed by atoms with Gasteiger partial charge < -0.3 is 5.32 Å². The first-order valence-electron chi connectivity index (χ1n) is 7.07. The highest BCUT2D eigenvalue weighted by molar-refractivity contribution is 7.89. The van der Waals surface area contributed by atoms with Gasteiger partial charge in [-0.05, 0) is 62.0 Å². The van der Waals surface area contributed by atoms with Gasteiger partial charge in [0.25, 0.3) is 0 Å². The van der Waals surface area contributed by atoms with Crippen molar-refractivity contribution in [2.75, 3.05) is 19.6 Å². The maximum Gasteiger partial charge on any atom is 0.240 e. The van der Waals surface area contributed by atoms with Crippen LogP contribution in [0.25, 0.3) is 0 Å². The fraction of sp³-hybridized carbons (Fsp3) is 0.533. The van der Waals surface area contributed by atoms with Gasteiger partial charge in [0.15, 0.2) is 0 Å². The van der Waals surface area contributed by atoms with Gasteiger partial charge >= 0.3 is 0 Å². The Balaban J connectivity index is 0.00000242. The van der Waals surface area contributed by atoms with Crippen LogP contribution in [0.4, 0.5) is 0 Å². The molecule has 1 aliphatic heterocycles. The Bertz CT molecular complexity index is 662. The van der Waals surface area contributed by atoms with Gasteiger partial charge in [-0.15, -0.1) is 12.4 Å². The first kappa shape index (κ1) is 18.9. The third-order valence-electron chi connectivity index (χ3n) is 4.13. The predicted octanol–water partition coefficient (Wildman–Crippen LogP) is 1.96. The van der Waals surface area contributed by atoms with E-state index in [1.165, 1.54) is 6.07 Å². The predicted molar refractivity (Wildman–Crippen MR) is 88.5 cm³/mol. The van der Waals surface area contributed by atoms with E-state index in [2.05, 4.69) is 17.0 Å². The zero-order valence-corrected chi connectivity index (χ0v) is 14.5. The maximum absolute atomic E-state index is 12.4. The van der Waals surface area contributed by atoms with Gasteiger partial charge in [0.05, 0.1) is 16.5 Å². The molecule has 0 bridgehead atoms. The maximum atomic E-state index is 12.4. The summed E-state index contributed by atoms with van der Waals surface area (Å²) in [4.78, 5) is 0.219. The molecular weight excluding hydrogens is 322 g/mol. The minimum absolute atomic E-state index is 0. The average molecular weight is 344 g/mol. The smallest absolute Gasteiger partial charge is 0.240 e. The van der Waals surface area contributed by atoms with Crippen molar-refractivity contribution in [3.8, 4) is 6.07 Å². The Morgan fingerprint density at radius 2 is 2.00 bits per heavy atom. The number of nitriles is 1. The van der Waals surface area contributed by atoms with E-state index in [4.69, 9.17) is 5.26 Å². The molecule has 0 radical (unpaired) electrons. The Kier molecular flexibility index (Phi) is 6.38. The molecule has 1 aromatic carbocycles. The topological polar surface area (TPSA) is 82.0 Å². The molecule has 22 heavy (non-hydrogen) atoms. The summed E-state index contributed by atoms with van der Waals surface area (Å²) in [6.45, 7) is 6.14. The zero-order valence-electron chi connectivity index (χ0n) is 12.8. The largest absolute Gasteiger partial charge is 0.317 e. The third-order valence-corrected chi connectivity index (χ3v) is 5.53. The SMILES string of the molecule is Cc1cc(S(=O)(=O)NCC2(C)CCNCC2)ccc1C#N.Cl. The van der Waals surface area contributed by atoms with E-state index in [0.717, 1.165) is 25.9 Å². The summed E-state index contributed by atoms with van der Waals surface area (Å²) in [5, 5.41) is 12.2. The van der Waals surface area contributed by atoms with Crippen molar-refractivity contribution < 1.29 is 8.42 Å². The van der Waals surface area contributed by atoms with Crippen LogP contribution in [-0.2, 0) is 10.0 Å². The van der Waals surface area contributed by atoms with Crippen LogP contribution >= 0.6 is 12.4 Å². The lowest BCUT2D eigenvalue weighted by atomic mass is 9.81. The lowest BCUT2D eigenvalue weighted by molar-refractivity contribution is 0.232. The average Bonchev–Trinajstić information content (AvgIpc) is 2.46. The van der Waals surface area contributed by atoms with Gasteiger partial charge in [0.2, 0.25) is 10.0 Å². The number of hydrogen-bond acceptors (Lipinski definition) is 4. The summed E-state index contributed by atoms with van der Waals surface area (Å²) in [6, 6.07) is 6.63. The van der Waals surface area contributed by atoms with Crippen molar-refractivity contribution in [3.63, 3.8) is 0 Å². The molecule has 2 rings (SSSR count). The molecule has 2 N–H and O–H groups in total. The molecule has 1 aliphatic rings. The molecule has 0 atom stereocenters. The van der Waals surface area contributed by atoms with Crippen LogP contribution in [-0.4, -0.2) is 28.1 Å². The number of sulfonamides is 1. The first-order valence-corrected chi connectivity index (χ1v) is 8.56. The summed E-state index contributed by atoms with van der Waals surface area (Å²) in [5.41, 5.74) is 1.17. The number of hydrogen-bond donors (Lipinski definition) is 2. The van der Waals surface area contributed by atoms with Gasteiger partial charge in [-0.1, -0.05) is 6.92 Å². The van der Waals surface area contributed by atoms with E-state index in [1.54, 1.807) is 19.1 Å². The molecule has 1 aromatic rings. The van der Waals surface area contributed by atoms with Crippen molar-refractivity contribution >= 4 is 22.4 Å². The molecule has 0 spiro atoms. The van der Waals surface area contributed by atoms with E-state index in [-0.39, 0.29) is 22.7 Å². The number of rotatable bonds is 4. The van der Waals surface area contributed by atoms with Crippen LogP contribution < -0.4 is 10.0 Å². The molecular formula is C15H22ClN3O2S. The number of nitrogens with one attached hydrogen (secondary N) is 2. The molecule has 0 saturated carbocycles. The highest BCUT2D eigenvalue weighted by atomic mass is 35.5. The number of halogens is 1. The summed E-state index contributed by atoms with van der Waals surface area (Å²) in [5.74, 6) is 0. The fourth-order valence-corrected chi connectivity index (χ4v) is 3.77. The van der Waals surface area contributed by atoms with Crippen LogP contribution in [0.1, 0.15) is 30.9 Å². The molecule has 1 heterocycles. The van der Waals surface area contributed by atoms with Crippen LogP contribution in [0.2, 0.25) is 0 Å². The summed E-state index contributed by atoms with van der Waals surface area (Å²) >= 11 is 0. The van der Waals surface area contributed by atoms with E-state index in [0.29, 0.717) is 17.7 Å². The number of benzene rings is 1.